The van der Waals surface area contributed by atoms with Crippen LogP contribution < -0.4 is 4.74 Å². The van der Waals surface area contributed by atoms with Crippen molar-refractivity contribution in [2.24, 2.45) is 72.9 Å². The van der Waals surface area contributed by atoms with Crippen LogP contribution in [0.5, 0.6) is 5.75 Å². The van der Waals surface area contributed by atoms with Gasteiger partial charge in [-0.05, 0) is 210 Å². The van der Waals surface area contributed by atoms with E-state index in [1.54, 1.807) is 6.08 Å². The number of hydrogen-bond acceptors (Lipinski definition) is 13. The highest BCUT2D eigenvalue weighted by atomic mass is 16.7. The number of carbonyl (C=O) groups is 3. The Morgan fingerprint density at radius 1 is 0.466 bits per heavy atom. The highest BCUT2D eigenvalue weighted by Gasteiger charge is 2.76. The molecule has 1 saturated heterocycles. The van der Waals surface area contributed by atoms with Gasteiger partial charge in [-0.25, -0.2) is 0 Å². The van der Waals surface area contributed by atoms with Crippen LogP contribution in [0.1, 0.15) is 246 Å². The van der Waals surface area contributed by atoms with Crippen LogP contribution in [0, 0.1) is 72.9 Å². The fourth-order valence-corrected chi connectivity index (χ4v) is 29.8. The summed E-state index contributed by atoms with van der Waals surface area (Å²) in [6, 6.07) is 31.5. The van der Waals surface area contributed by atoms with E-state index in [0.717, 1.165) is 102 Å². The Morgan fingerprint density at radius 3 is 1.46 bits per heavy atom. The Labute approximate surface area is 683 Å². The normalized spacial score (nSPS) is 41.8. The zero-order valence-electron chi connectivity index (χ0n) is 71.7. The zero-order valence-corrected chi connectivity index (χ0v) is 71.7. The van der Waals surface area contributed by atoms with Crippen LogP contribution in [0.4, 0.5) is 0 Å². The summed E-state index contributed by atoms with van der Waals surface area (Å²) in [6.07, 6.45) is 14.1. The van der Waals surface area contributed by atoms with Crippen LogP contribution in [0.25, 0.3) is 43.6 Å². The van der Waals surface area contributed by atoms with Crippen molar-refractivity contribution >= 4 is 61.0 Å². The average molecular weight is 1580 g/mol. The molecule has 7 saturated carbocycles. The van der Waals surface area contributed by atoms with E-state index in [2.05, 4.69) is 182 Å². The molecule has 22 atom stereocenters. The standard InChI is InChI=1S/C30H41NO7.C23H31NO2.C23H29NO2.C23H27NO2/c1-28(2)21-9-6-15-12-18-17-8-7-16(37-27-24(35)23(34)25(36-5)20(14-32)38-27)13-19(17)31-26(18)30(15,4)29(21,3)11-10-22(28)33;3*1-20(2)18(25)10-11-21(3)22(4)14(9-12-23(20,21)26)13-16-15-7-5-6-8-17(15)24-19(16)22/h7-8,13,15,20-21,23-25,27,31-32,34-35H,6,9-12,14H2,1-5H3;5-8,14,18,24-26H,9-13H2,1-4H3;5-8,14,24,26H,9-13H2,1-4H3;5-8,10-11,14,24,26H,9,12-13H2,1-4H3. The maximum Gasteiger partial charge on any atom is 0.229 e. The summed E-state index contributed by atoms with van der Waals surface area (Å²) in [6.45, 7) is 34.5. The number of aromatic amines is 4. The lowest BCUT2D eigenvalue weighted by molar-refractivity contribution is -0.281. The Bertz CT molecular complexity index is 5380. The van der Waals surface area contributed by atoms with Crippen molar-refractivity contribution in [3.05, 3.63) is 148 Å². The third kappa shape index (κ3) is 9.75. The number of aliphatic hydroxyl groups is 7. The summed E-state index contributed by atoms with van der Waals surface area (Å²) in [7, 11) is 1.40. The molecular weight excluding hydrogens is 1450 g/mol. The fourth-order valence-electron chi connectivity index (χ4n) is 29.8. The second-order valence-electron chi connectivity index (χ2n) is 42.6. The van der Waals surface area contributed by atoms with Gasteiger partial charge in [0.25, 0.3) is 0 Å². The zero-order chi connectivity index (χ0) is 82.8. The summed E-state index contributed by atoms with van der Waals surface area (Å²) in [5.41, 5.74) is 8.74. The van der Waals surface area contributed by atoms with E-state index in [1.807, 2.05) is 45.9 Å². The van der Waals surface area contributed by atoms with Crippen molar-refractivity contribution in [2.75, 3.05) is 13.7 Å². The number of allylic oxidation sites excluding steroid dienone is 1. The first kappa shape index (κ1) is 80.3. The second-order valence-corrected chi connectivity index (χ2v) is 42.6. The van der Waals surface area contributed by atoms with Crippen LogP contribution in [0.15, 0.2) is 103 Å². The molecule has 116 heavy (non-hydrogen) atoms. The summed E-state index contributed by atoms with van der Waals surface area (Å²) in [4.78, 5) is 53.3. The third-order valence-corrected chi connectivity index (χ3v) is 38.3. The minimum absolute atomic E-state index is 0.0200. The molecule has 4 aromatic heterocycles. The number of fused-ring (bicyclic) bond motifs is 28. The van der Waals surface area contributed by atoms with Crippen LogP contribution >= 0.6 is 0 Å². The molecule has 0 bridgehead atoms. The number of carbonyl (C=O) groups excluding carboxylic acids is 3. The van der Waals surface area contributed by atoms with Gasteiger partial charge in [0.1, 0.15) is 41.7 Å². The van der Waals surface area contributed by atoms with Crippen LogP contribution in [0.2, 0.25) is 0 Å². The molecule has 4 aromatic carbocycles. The third-order valence-electron chi connectivity index (χ3n) is 38.3. The van der Waals surface area contributed by atoms with E-state index in [1.165, 1.54) is 90.2 Å². The van der Waals surface area contributed by atoms with Crippen molar-refractivity contribution in [1.82, 2.24) is 19.9 Å². The van der Waals surface area contributed by atoms with Gasteiger partial charge < -0.3 is 69.9 Å². The molecule has 17 nitrogen and oxygen atoms in total. The van der Waals surface area contributed by atoms with E-state index in [-0.39, 0.29) is 61.5 Å². The van der Waals surface area contributed by atoms with Crippen LogP contribution in [-0.2, 0) is 71.2 Å². The maximum absolute atomic E-state index is 12.9. The number of H-pyrrole nitrogens is 4. The quantitative estimate of drug-likeness (QED) is 0.0783. The number of hydrogen-bond donors (Lipinski definition) is 11. The molecule has 8 fully saturated rings. The molecule has 1 aliphatic heterocycles. The minimum Gasteiger partial charge on any atom is -0.462 e. The lowest BCUT2D eigenvalue weighted by Crippen LogP contribution is -2.72. The van der Waals surface area contributed by atoms with Gasteiger partial charge >= 0.3 is 0 Å². The van der Waals surface area contributed by atoms with Crippen molar-refractivity contribution in [3.63, 3.8) is 0 Å². The Kier molecular flexibility index (Phi) is 17.9. The Hall–Kier alpha value is -6.77. The fraction of sp³-hybridized carbons (Fsp3) is 0.626. The second kappa shape index (κ2) is 25.9. The average Bonchev–Trinajstić information content (AvgIpc) is 1.50. The maximum atomic E-state index is 12.9. The Balaban J connectivity index is 0.000000109. The smallest absolute Gasteiger partial charge is 0.229 e. The number of aliphatic hydroxyl groups excluding tert-OH is 4. The molecular formula is C99H128N4O13. The number of benzene rings is 4. The van der Waals surface area contributed by atoms with E-state index in [4.69, 9.17) is 14.2 Å². The SMILES string of the molecule is CC1(C)C(=O)C=CC2(C)C3(C)c4[nH]c5ccccc5c4CC3CCC12O.CC1(C)C(=O)CCC2(C)C3(C)c4[nH]c5ccccc5c4CC3CCC12O.CC1(C)C(O)CCC2(C)C3(C)c4[nH]c5ccccc5c4CC3CCC12O.COC1C(CO)OC(Oc2ccc3c4c([nH]c3c2)C2(C)C(CCC3C(C)(C)C(=O)CCC32C)C4)C(O)C1O. The summed E-state index contributed by atoms with van der Waals surface area (Å²) >= 11 is 0. The van der Waals surface area contributed by atoms with Crippen molar-refractivity contribution < 1.29 is 64.3 Å². The molecule has 8 aromatic rings. The van der Waals surface area contributed by atoms with Gasteiger partial charge in [-0.1, -0.05) is 158 Å². The first-order chi connectivity index (χ1) is 54.5. The molecule has 21 rings (SSSR count). The first-order valence-corrected chi connectivity index (χ1v) is 43.9. The predicted octanol–water partition coefficient (Wildman–Crippen LogP) is 16.4. The minimum atomic E-state index is -1.33. The van der Waals surface area contributed by atoms with Crippen LogP contribution in [-0.4, -0.2) is 140 Å². The van der Waals surface area contributed by atoms with Crippen molar-refractivity contribution in [3.8, 4) is 5.75 Å². The van der Waals surface area contributed by atoms with Gasteiger partial charge in [0.05, 0.1) is 40.3 Å². The highest BCUT2D eigenvalue weighted by Crippen LogP contribution is 2.75. The summed E-state index contributed by atoms with van der Waals surface area (Å²) in [5, 5.41) is 82.7. The predicted molar refractivity (Wildman–Crippen MR) is 451 cm³/mol. The summed E-state index contributed by atoms with van der Waals surface area (Å²) in [5.74, 6) is 3.62. The molecule has 0 amide bonds. The lowest BCUT2D eigenvalue weighted by Gasteiger charge is -2.68. The van der Waals surface area contributed by atoms with E-state index < -0.39 is 75.3 Å². The van der Waals surface area contributed by atoms with Gasteiger partial charge in [0, 0.05) is 141 Å². The van der Waals surface area contributed by atoms with Gasteiger partial charge in [0.15, 0.2) is 5.78 Å². The largest absolute Gasteiger partial charge is 0.462 e. The highest BCUT2D eigenvalue weighted by molar-refractivity contribution is 5.97. The number of aromatic nitrogens is 4. The number of nitrogens with one attached hydrogen (secondary N) is 4. The van der Waals surface area contributed by atoms with E-state index >= 15 is 0 Å². The molecule has 622 valence electrons. The number of para-hydroxylation sites is 3. The molecule has 0 spiro atoms. The van der Waals surface area contributed by atoms with Gasteiger partial charge in [-0.3, -0.25) is 14.4 Å². The molecule has 5 heterocycles. The number of Topliss-reactive ketones (excluding diaryl/α,β-unsaturated/α-hetero) is 2. The van der Waals surface area contributed by atoms with Crippen molar-refractivity contribution in [2.45, 2.75) is 302 Å². The number of ketones is 3. The van der Waals surface area contributed by atoms with Gasteiger partial charge in [-0.2, -0.15) is 0 Å². The number of rotatable bonds is 4. The number of methoxy groups -OCH3 is 1. The molecule has 13 aliphatic rings. The van der Waals surface area contributed by atoms with Gasteiger partial charge in [0.2, 0.25) is 6.29 Å². The molecule has 0 radical (unpaired) electrons. The Morgan fingerprint density at radius 2 is 0.922 bits per heavy atom. The monoisotopic (exact) mass is 1580 g/mol. The summed E-state index contributed by atoms with van der Waals surface area (Å²) < 4.78 is 16.9. The number of ether oxygens (including phenoxy) is 3. The van der Waals surface area contributed by atoms with Crippen molar-refractivity contribution in [1.29, 1.82) is 0 Å². The topological polar surface area (TPSA) is 284 Å². The molecule has 22 unspecified atom stereocenters. The first-order valence-electron chi connectivity index (χ1n) is 43.9. The molecule has 12 aliphatic carbocycles. The molecule has 17 heteroatoms. The van der Waals surface area contributed by atoms with E-state index in [0.29, 0.717) is 60.4 Å². The van der Waals surface area contributed by atoms with Crippen LogP contribution in [0.3, 0.4) is 0 Å². The van der Waals surface area contributed by atoms with E-state index in [9.17, 15) is 50.1 Å². The van der Waals surface area contributed by atoms with Gasteiger partial charge in [-0.15, -0.1) is 0 Å². The molecule has 11 N–H and O–H groups in total. The lowest BCUT2D eigenvalue weighted by atomic mass is 9.39.